The summed E-state index contributed by atoms with van der Waals surface area (Å²) in [6.07, 6.45) is 0. The molecule has 62 valence electrons. The van der Waals surface area contributed by atoms with Crippen molar-refractivity contribution in [1.82, 2.24) is 0 Å². The van der Waals surface area contributed by atoms with E-state index in [9.17, 15) is 4.79 Å². The van der Waals surface area contributed by atoms with Gasteiger partial charge in [0.15, 0.2) is 5.41 Å². The number of hydrogen-bond acceptors (Lipinski definition) is 3. The number of primary amides is 1. The summed E-state index contributed by atoms with van der Waals surface area (Å²) >= 11 is 0. The van der Waals surface area contributed by atoms with E-state index in [-0.39, 0.29) is 0 Å². The second kappa shape index (κ2) is 1.98. The molecule has 0 aromatic carbocycles. The van der Waals surface area contributed by atoms with Gasteiger partial charge in [-0.15, -0.1) is 0 Å². The maximum absolute atomic E-state index is 10.9. The third-order valence-electron chi connectivity index (χ3n) is 2.78. The van der Waals surface area contributed by atoms with Crippen LogP contribution >= 0.6 is 0 Å². The first-order chi connectivity index (χ1) is 5.45. The van der Waals surface area contributed by atoms with E-state index in [0.29, 0.717) is 0 Å². The predicted molar refractivity (Wildman–Crippen MR) is 40.1 cm³/mol. The minimum atomic E-state index is -1.26. The number of carbonyl (C=O) groups excluding carboxylic acids is 1. The maximum Gasteiger partial charge on any atom is 0.239 e. The van der Waals surface area contributed by atoms with Crippen molar-refractivity contribution in [3.8, 4) is 12.1 Å². The topological polar surface area (TPSA) is 90.7 Å². The van der Waals surface area contributed by atoms with E-state index in [2.05, 4.69) is 0 Å². The van der Waals surface area contributed by atoms with Gasteiger partial charge >= 0.3 is 0 Å². The molecule has 2 atom stereocenters. The van der Waals surface area contributed by atoms with Crippen LogP contribution in [0, 0.1) is 39.4 Å². The highest BCUT2D eigenvalue weighted by molar-refractivity contribution is 5.90. The second-order valence-corrected chi connectivity index (χ2v) is 3.57. The molecule has 0 unspecified atom stereocenters. The van der Waals surface area contributed by atoms with Crippen molar-refractivity contribution in [2.75, 3.05) is 0 Å². The maximum atomic E-state index is 10.9. The van der Waals surface area contributed by atoms with E-state index < -0.39 is 22.7 Å². The number of nitrogens with two attached hydrogens (primary N) is 1. The molecule has 0 heterocycles. The fourth-order valence-electron chi connectivity index (χ4n) is 1.75. The Labute approximate surface area is 70.6 Å². The van der Waals surface area contributed by atoms with Gasteiger partial charge in [0.2, 0.25) is 5.91 Å². The molecular formula is C8H9N3O. The van der Waals surface area contributed by atoms with Crippen molar-refractivity contribution in [3.05, 3.63) is 0 Å². The highest BCUT2D eigenvalue weighted by atomic mass is 16.1. The van der Waals surface area contributed by atoms with Crippen LogP contribution in [-0.4, -0.2) is 5.91 Å². The summed E-state index contributed by atoms with van der Waals surface area (Å²) < 4.78 is 0. The third kappa shape index (κ3) is 0.579. The molecule has 1 aliphatic rings. The smallest absolute Gasteiger partial charge is 0.239 e. The number of carbonyl (C=O) groups is 1. The normalized spacial score (nSPS) is 36.2. The van der Waals surface area contributed by atoms with Crippen molar-refractivity contribution in [2.45, 2.75) is 13.8 Å². The highest BCUT2D eigenvalue weighted by Crippen LogP contribution is 2.67. The lowest BCUT2D eigenvalue weighted by atomic mass is 9.97. The van der Waals surface area contributed by atoms with Gasteiger partial charge in [0.25, 0.3) is 0 Å². The van der Waals surface area contributed by atoms with Crippen LogP contribution in [0.5, 0.6) is 0 Å². The van der Waals surface area contributed by atoms with Gasteiger partial charge < -0.3 is 5.73 Å². The Kier molecular flexibility index (Phi) is 1.41. The molecule has 0 bridgehead atoms. The molecule has 0 radical (unpaired) electrons. The zero-order chi connectivity index (χ0) is 9.57. The molecular weight excluding hydrogens is 154 g/mol. The van der Waals surface area contributed by atoms with Crippen LogP contribution in [0.25, 0.3) is 0 Å². The van der Waals surface area contributed by atoms with E-state index in [4.69, 9.17) is 16.3 Å². The third-order valence-corrected chi connectivity index (χ3v) is 2.78. The largest absolute Gasteiger partial charge is 0.368 e. The van der Waals surface area contributed by atoms with Crippen LogP contribution in [0.3, 0.4) is 0 Å². The first-order valence-electron chi connectivity index (χ1n) is 3.56. The van der Waals surface area contributed by atoms with E-state index in [1.165, 1.54) is 0 Å². The van der Waals surface area contributed by atoms with Crippen molar-refractivity contribution in [1.29, 1.82) is 10.5 Å². The van der Waals surface area contributed by atoms with Crippen LogP contribution in [0.15, 0.2) is 0 Å². The molecule has 2 N–H and O–H groups in total. The molecule has 1 saturated carbocycles. The summed E-state index contributed by atoms with van der Waals surface area (Å²) in [6.45, 7) is 3.41. The molecule has 0 aromatic heterocycles. The van der Waals surface area contributed by atoms with Gasteiger partial charge in [0.05, 0.1) is 18.1 Å². The van der Waals surface area contributed by atoms with Crippen LogP contribution in [-0.2, 0) is 4.79 Å². The van der Waals surface area contributed by atoms with E-state index >= 15 is 0 Å². The second-order valence-electron chi connectivity index (χ2n) is 3.57. The SMILES string of the molecule is CC1(C)[C@@H](C#N)[C@@]1(C#N)C(N)=O. The lowest BCUT2D eigenvalue weighted by molar-refractivity contribution is -0.122. The Hall–Kier alpha value is -1.55. The molecule has 0 aromatic rings. The number of nitrogens with zero attached hydrogens (tertiary/aromatic N) is 2. The standard InChI is InChI=1S/C8H9N3O/c1-7(2)5(3-9)8(7,4-10)6(11)12/h5H,1-2H3,(H2,11,12)/t5-,8+/m1/s1. The lowest BCUT2D eigenvalue weighted by Gasteiger charge is -2.04. The molecule has 0 spiro atoms. The van der Waals surface area contributed by atoms with Crippen LogP contribution in [0.4, 0.5) is 0 Å². The van der Waals surface area contributed by atoms with Gasteiger partial charge in [-0.2, -0.15) is 10.5 Å². The Balaban J connectivity index is 3.15. The summed E-state index contributed by atoms with van der Waals surface area (Å²) in [7, 11) is 0. The number of hydrogen-bond donors (Lipinski definition) is 1. The molecule has 1 amide bonds. The minimum absolute atomic E-state index is 0.563. The van der Waals surface area contributed by atoms with Gasteiger partial charge in [0, 0.05) is 5.41 Å². The van der Waals surface area contributed by atoms with Crippen molar-refractivity contribution < 1.29 is 4.79 Å². The zero-order valence-electron chi connectivity index (χ0n) is 6.96. The van der Waals surface area contributed by atoms with E-state index in [1.807, 2.05) is 12.1 Å². The Morgan fingerprint density at radius 1 is 1.50 bits per heavy atom. The van der Waals surface area contributed by atoms with Crippen LogP contribution in [0.1, 0.15) is 13.8 Å². The molecule has 0 saturated heterocycles. The van der Waals surface area contributed by atoms with Crippen molar-refractivity contribution in [2.24, 2.45) is 22.5 Å². The van der Waals surface area contributed by atoms with Crippen molar-refractivity contribution >= 4 is 5.91 Å². The van der Waals surface area contributed by atoms with E-state index in [0.717, 1.165) is 0 Å². The molecule has 0 aliphatic heterocycles. The number of nitriles is 2. The van der Waals surface area contributed by atoms with E-state index in [1.54, 1.807) is 13.8 Å². The van der Waals surface area contributed by atoms with Gasteiger partial charge in [-0.1, -0.05) is 13.8 Å². The first-order valence-corrected chi connectivity index (χ1v) is 3.56. The summed E-state index contributed by atoms with van der Waals surface area (Å²) in [5, 5.41) is 17.4. The average molecular weight is 163 g/mol. The molecule has 4 nitrogen and oxygen atoms in total. The fourth-order valence-corrected chi connectivity index (χ4v) is 1.75. The Bertz CT molecular complexity index is 320. The quantitative estimate of drug-likeness (QED) is 0.596. The molecule has 1 rings (SSSR count). The highest BCUT2D eigenvalue weighted by Gasteiger charge is 2.77. The summed E-state index contributed by atoms with van der Waals surface area (Å²) in [5.41, 5.74) is 3.22. The average Bonchev–Trinajstić information content (AvgIpc) is 2.47. The lowest BCUT2D eigenvalue weighted by Crippen LogP contribution is -2.28. The van der Waals surface area contributed by atoms with Gasteiger partial charge in [0.1, 0.15) is 0 Å². The molecule has 1 aliphatic carbocycles. The first kappa shape index (κ1) is 8.55. The fraction of sp³-hybridized carbons (Fsp3) is 0.625. The predicted octanol–water partition coefficient (Wildman–Crippen LogP) is 0.161. The number of rotatable bonds is 1. The number of amides is 1. The molecule has 12 heavy (non-hydrogen) atoms. The van der Waals surface area contributed by atoms with Gasteiger partial charge in [-0.3, -0.25) is 4.79 Å². The zero-order valence-corrected chi connectivity index (χ0v) is 6.96. The van der Waals surface area contributed by atoms with Crippen molar-refractivity contribution in [3.63, 3.8) is 0 Å². The molecule has 1 fully saturated rings. The summed E-state index contributed by atoms with van der Waals surface area (Å²) in [4.78, 5) is 10.9. The van der Waals surface area contributed by atoms with Gasteiger partial charge in [-0.05, 0) is 0 Å². The minimum Gasteiger partial charge on any atom is -0.368 e. The molecule has 4 heteroatoms. The monoisotopic (exact) mass is 163 g/mol. The Morgan fingerprint density at radius 3 is 2.08 bits per heavy atom. The van der Waals surface area contributed by atoms with Crippen LogP contribution < -0.4 is 5.73 Å². The van der Waals surface area contributed by atoms with Crippen LogP contribution in [0.2, 0.25) is 0 Å². The van der Waals surface area contributed by atoms with Gasteiger partial charge in [-0.25, -0.2) is 0 Å². The Morgan fingerprint density at radius 2 is 2.00 bits per heavy atom. The summed E-state index contributed by atoms with van der Waals surface area (Å²) in [5.74, 6) is -1.26. The summed E-state index contributed by atoms with van der Waals surface area (Å²) in [6, 6.07) is 3.78.